The van der Waals surface area contributed by atoms with Crippen LogP contribution in [0.3, 0.4) is 0 Å². The van der Waals surface area contributed by atoms with E-state index in [1.807, 2.05) is 32.0 Å². The molecule has 1 N–H and O–H groups in total. The van der Waals surface area contributed by atoms with Crippen LogP contribution in [0.25, 0.3) is 0 Å². The van der Waals surface area contributed by atoms with E-state index in [-0.39, 0.29) is 5.92 Å². The van der Waals surface area contributed by atoms with Crippen LogP contribution < -0.4 is 0 Å². The van der Waals surface area contributed by atoms with Gasteiger partial charge in [-0.05, 0) is 49.0 Å². The van der Waals surface area contributed by atoms with Gasteiger partial charge in [0, 0.05) is 11.5 Å². The molecule has 1 atom stereocenters. The minimum Gasteiger partial charge on any atom is -0.478 e. The normalized spacial score (nSPS) is 17.8. The molecule has 1 aliphatic rings. The summed E-state index contributed by atoms with van der Waals surface area (Å²) in [5.74, 6) is -0.706. The molecule has 0 amide bonds. The first-order valence-electron chi connectivity index (χ1n) is 10.8. The second kappa shape index (κ2) is 8.77. The van der Waals surface area contributed by atoms with Gasteiger partial charge in [0.05, 0.1) is 5.41 Å². The SMILES string of the molecule is CC(C)=CC1=C(C(=O)O)CCC(c2ccccc2)C1(c1ccccc1)c1ccccc1. The Bertz CT molecular complexity index is 1070. The van der Waals surface area contributed by atoms with Gasteiger partial charge in [-0.3, -0.25) is 0 Å². The van der Waals surface area contributed by atoms with Crippen LogP contribution >= 0.6 is 0 Å². The van der Waals surface area contributed by atoms with Crippen LogP contribution in [0.1, 0.15) is 49.3 Å². The number of aliphatic carboxylic acids is 1. The summed E-state index contributed by atoms with van der Waals surface area (Å²) in [5.41, 5.74) is 5.41. The van der Waals surface area contributed by atoms with E-state index in [1.54, 1.807) is 0 Å². The molecule has 31 heavy (non-hydrogen) atoms. The zero-order valence-corrected chi connectivity index (χ0v) is 18.1. The van der Waals surface area contributed by atoms with E-state index < -0.39 is 11.4 Å². The summed E-state index contributed by atoms with van der Waals surface area (Å²) in [6, 6.07) is 31.4. The number of allylic oxidation sites excluding steroid dienone is 3. The summed E-state index contributed by atoms with van der Waals surface area (Å²) in [6.45, 7) is 4.08. The van der Waals surface area contributed by atoms with Gasteiger partial charge in [-0.1, -0.05) is 103 Å². The third-order valence-electron chi connectivity index (χ3n) is 6.31. The van der Waals surface area contributed by atoms with Crippen molar-refractivity contribution in [2.45, 2.75) is 38.0 Å². The van der Waals surface area contributed by atoms with Crippen LogP contribution in [0.15, 0.2) is 114 Å². The van der Waals surface area contributed by atoms with Gasteiger partial charge in [0.2, 0.25) is 0 Å². The number of carboxylic acid groups (broad SMARTS) is 1. The molecule has 3 aromatic rings. The van der Waals surface area contributed by atoms with Crippen LogP contribution in [-0.4, -0.2) is 11.1 Å². The van der Waals surface area contributed by atoms with Gasteiger partial charge in [-0.25, -0.2) is 4.79 Å². The lowest BCUT2D eigenvalue weighted by molar-refractivity contribution is -0.133. The van der Waals surface area contributed by atoms with Crippen LogP contribution in [0.5, 0.6) is 0 Å². The zero-order valence-electron chi connectivity index (χ0n) is 18.1. The lowest BCUT2D eigenvalue weighted by Crippen LogP contribution is -2.41. The zero-order chi connectivity index (χ0) is 21.8. The highest BCUT2D eigenvalue weighted by Gasteiger charge is 2.49. The molecule has 156 valence electrons. The smallest absolute Gasteiger partial charge is 0.331 e. The molecule has 0 bridgehead atoms. The molecule has 3 aromatic carbocycles. The molecule has 4 rings (SSSR count). The number of rotatable bonds is 5. The summed E-state index contributed by atoms with van der Waals surface area (Å²) in [6.07, 6.45) is 3.42. The van der Waals surface area contributed by atoms with Crippen molar-refractivity contribution in [3.63, 3.8) is 0 Å². The topological polar surface area (TPSA) is 37.3 Å². The summed E-state index contributed by atoms with van der Waals surface area (Å²) in [4.78, 5) is 12.5. The molecule has 0 radical (unpaired) electrons. The maximum atomic E-state index is 12.5. The van der Waals surface area contributed by atoms with Gasteiger partial charge < -0.3 is 5.11 Å². The number of carboxylic acids is 1. The van der Waals surface area contributed by atoms with Crippen molar-refractivity contribution < 1.29 is 9.90 Å². The summed E-state index contributed by atoms with van der Waals surface area (Å²) >= 11 is 0. The average Bonchev–Trinajstić information content (AvgIpc) is 2.80. The maximum Gasteiger partial charge on any atom is 0.331 e. The number of benzene rings is 3. The first-order chi connectivity index (χ1) is 15.0. The van der Waals surface area contributed by atoms with E-state index in [0.29, 0.717) is 12.0 Å². The third kappa shape index (κ3) is 3.74. The molecule has 0 fully saturated rings. The summed E-state index contributed by atoms with van der Waals surface area (Å²) < 4.78 is 0. The van der Waals surface area contributed by atoms with Gasteiger partial charge >= 0.3 is 5.97 Å². The Morgan fingerprint density at radius 3 is 1.77 bits per heavy atom. The molecule has 0 spiro atoms. The van der Waals surface area contributed by atoms with Gasteiger partial charge in [0.1, 0.15) is 0 Å². The van der Waals surface area contributed by atoms with Crippen molar-refractivity contribution in [1.29, 1.82) is 0 Å². The number of carbonyl (C=O) groups is 1. The predicted octanol–water partition coefficient (Wildman–Crippen LogP) is 6.90. The summed E-state index contributed by atoms with van der Waals surface area (Å²) in [7, 11) is 0. The predicted molar refractivity (Wildman–Crippen MR) is 126 cm³/mol. The van der Waals surface area contributed by atoms with E-state index in [0.717, 1.165) is 28.7 Å². The molecule has 0 saturated heterocycles. The van der Waals surface area contributed by atoms with E-state index in [9.17, 15) is 9.90 Å². The van der Waals surface area contributed by atoms with Crippen molar-refractivity contribution in [3.05, 3.63) is 130 Å². The quantitative estimate of drug-likeness (QED) is 0.499. The largest absolute Gasteiger partial charge is 0.478 e. The Kier molecular flexibility index (Phi) is 5.90. The van der Waals surface area contributed by atoms with Crippen molar-refractivity contribution >= 4 is 5.97 Å². The lowest BCUT2D eigenvalue weighted by atomic mass is 9.54. The third-order valence-corrected chi connectivity index (χ3v) is 6.31. The molecule has 2 heteroatoms. The van der Waals surface area contributed by atoms with Crippen molar-refractivity contribution in [2.75, 3.05) is 0 Å². The van der Waals surface area contributed by atoms with Crippen LogP contribution in [0.2, 0.25) is 0 Å². The molecule has 0 saturated carbocycles. The Morgan fingerprint density at radius 2 is 1.32 bits per heavy atom. The average molecular weight is 409 g/mol. The van der Waals surface area contributed by atoms with Crippen molar-refractivity contribution in [2.24, 2.45) is 0 Å². The Morgan fingerprint density at radius 1 is 0.839 bits per heavy atom. The van der Waals surface area contributed by atoms with E-state index in [2.05, 4.69) is 78.9 Å². The monoisotopic (exact) mass is 408 g/mol. The minimum absolute atomic E-state index is 0.118. The molecule has 0 aromatic heterocycles. The van der Waals surface area contributed by atoms with Crippen LogP contribution in [0.4, 0.5) is 0 Å². The highest BCUT2D eigenvalue weighted by atomic mass is 16.4. The Hall–Kier alpha value is -3.39. The Labute approximate surface area is 184 Å². The molecule has 0 aliphatic heterocycles. The minimum atomic E-state index is -0.824. The fourth-order valence-corrected chi connectivity index (χ4v) is 5.16. The second-order valence-electron chi connectivity index (χ2n) is 8.46. The highest BCUT2D eigenvalue weighted by Crippen LogP contribution is 2.56. The van der Waals surface area contributed by atoms with E-state index in [1.165, 1.54) is 5.56 Å². The first kappa shape index (κ1) is 20.9. The fourth-order valence-electron chi connectivity index (χ4n) is 5.16. The standard InChI is InChI=1S/C29H28O2/c1-21(2)20-27-25(28(30)31)18-19-26(22-12-6-3-7-13-22)29(27,23-14-8-4-9-15-23)24-16-10-5-11-17-24/h3-17,20,26H,18-19H2,1-2H3,(H,30,31). The first-order valence-corrected chi connectivity index (χ1v) is 10.8. The Balaban J connectivity index is 2.17. The molecule has 2 nitrogen and oxygen atoms in total. The van der Waals surface area contributed by atoms with Gasteiger partial charge in [-0.2, -0.15) is 0 Å². The van der Waals surface area contributed by atoms with Crippen LogP contribution in [-0.2, 0) is 10.2 Å². The van der Waals surface area contributed by atoms with E-state index >= 15 is 0 Å². The second-order valence-corrected chi connectivity index (χ2v) is 8.46. The molecular formula is C29H28O2. The highest BCUT2D eigenvalue weighted by molar-refractivity contribution is 5.90. The lowest BCUT2D eigenvalue weighted by Gasteiger charge is -2.47. The molecule has 0 heterocycles. The number of hydrogen-bond acceptors (Lipinski definition) is 1. The maximum absolute atomic E-state index is 12.5. The van der Waals surface area contributed by atoms with Gasteiger partial charge in [-0.15, -0.1) is 0 Å². The molecule has 1 aliphatic carbocycles. The van der Waals surface area contributed by atoms with Crippen LogP contribution in [0, 0.1) is 0 Å². The van der Waals surface area contributed by atoms with Crippen molar-refractivity contribution in [1.82, 2.24) is 0 Å². The fraction of sp³-hybridized carbons (Fsp3) is 0.207. The van der Waals surface area contributed by atoms with Crippen molar-refractivity contribution in [3.8, 4) is 0 Å². The number of hydrogen-bond donors (Lipinski definition) is 1. The molecule has 1 unspecified atom stereocenters. The van der Waals surface area contributed by atoms with Gasteiger partial charge in [0.25, 0.3) is 0 Å². The van der Waals surface area contributed by atoms with E-state index in [4.69, 9.17) is 0 Å². The van der Waals surface area contributed by atoms with Gasteiger partial charge in [0.15, 0.2) is 0 Å². The summed E-state index contributed by atoms with van der Waals surface area (Å²) in [5, 5.41) is 10.2. The molecular weight excluding hydrogens is 380 g/mol.